The first-order chi connectivity index (χ1) is 9.02. The second-order valence-corrected chi connectivity index (χ2v) is 4.40. The van der Waals surface area contributed by atoms with E-state index in [1.807, 2.05) is 26.8 Å². The number of aromatic nitrogens is 2. The smallest absolute Gasteiger partial charge is 0.238 e. The fourth-order valence-electron chi connectivity index (χ4n) is 2.10. The molecule has 0 aliphatic rings. The number of aryl methyl sites for hydroxylation is 2. The molecule has 2 heterocycles. The number of nitrogens with zero attached hydrogens (tertiary/aromatic N) is 2. The van der Waals surface area contributed by atoms with E-state index < -0.39 is 0 Å². The molecular formula is C13H18N4O2. The maximum absolute atomic E-state index is 5.73. The first-order valence-electron chi connectivity index (χ1n) is 6.02. The average Bonchev–Trinajstić information content (AvgIpc) is 2.71. The molecule has 0 aromatic carbocycles. The van der Waals surface area contributed by atoms with Gasteiger partial charge in [-0.15, -0.1) is 0 Å². The standard InChI is InChI=1S/C13H18N4O2/c1-7(12-8(2)17-19-9(12)3)15-11-6-5-10(14)13(16-11)18-4/h5-7H,14H2,1-4H3,(H,15,16). The van der Waals surface area contributed by atoms with E-state index in [1.165, 1.54) is 0 Å². The number of ether oxygens (including phenoxy) is 1. The summed E-state index contributed by atoms with van der Waals surface area (Å²) in [7, 11) is 1.54. The molecule has 0 saturated heterocycles. The number of nitrogen functional groups attached to an aromatic ring is 1. The minimum atomic E-state index is 0.0343. The first kappa shape index (κ1) is 13.2. The number of hydrogen-bond acceptors (Lipinski definition) is 6. The zero-order chi connectivity index (χ0) is 14.0. The van der Waals surface area contributed by atoms with Crippen LogP contribution < -0.4 is 15.8 Å². The molecule has 0 amide bonds. The second kappa shape index (κ2) is 5.17. The summed E-state index contributed by atoms with van der Waals surface area (Å²) in [6.45, 7) is 5.84. The molecule has 6 heteroatoms. The molecule has 6 nitrogen and oxygen atoms in total. The molecule has 102 valence electrons. The van der Waals surface area contributed by atoms with Crippen LogP contribution in [0, 0.1) is 13.8 Å². The maximum atomic E-state index is 5.73. The molecular weight excluding hydrogens is 244 g/mol. The third-order valence-corrected chi connectivity index (χ3v) is 2.97. The molecule has 0 radical (unpaired) electrons. The number of nitrogens with one attached hydrogen (secondary N) is 1. The van der Waals surface area contributed by atoms with Crippen molar-refractivity contribution in [3.63, 3.8) is 0 Å². The zero-order valence-corrected chi connectivity index (χ0v) is 11.5. The van der Waals surface area contributed by atoms with Crippen molar-refractivity contribution in [1.82, 2.24) is 10.1 Å². The zero-order valence-electron chi connectivity index (χ0n) is 11.5. The lowest BCUT2D eigenvalue weighted by molar-refractivity contribution is 0.392. The molecule has 0 fully saturated rings. The number of methoxy groups -OCH3 is 1. The number of anilines is 2. The van der Waals surface area contributed by atoms with E-state index in [2.05, 4.69) is 15.5 Å². The minimum absolute atomic E-state index is 0.0343. The van der Waals surface area contributed by atoms with Gasteiger partial charge in [-0.1, -0.05) is 5.16 Å². The Labute approximate surface area is 112 Å². The van der Waals surface area contributed by atoms with Crippen LogP contribution in [0.3, 0.4) is 0 Å². The third-order valence-electron chi connectivity index (χ3n) is 2.97. The monoisotopic (exact) mass is 262 g/mol. The van der Waals surface area contributed by atoms with E-state index in [-0.39, 0.29) is 6.04 Å². The summed E-state index contributed by atoms with van der Waals surface area (Å²) in [4.78, 5) is 4.29. The van der Waals surface area contributed by atoms with Crippen LogP contribution in [0.1, 0.15) is 30.0 Å². The van der Waals surface area contributed by atoms with Gasteiger partial charge in [0, 0.05) is 5.56 Å². The molecule has 0 spiro atoms. The summed E-state index contributed by atoms with van der Waals surface area (Å²) in [5, 5.41) is 7.23. The fraction of sp³-hybridized carbons (Fsp3) is 0.385. The van der Waals surface area contributed by atoms with E-state index in [0.717, 1.165) is 17.0 Å². The van der Waals surface area contributed by atoms with Crippen molar-refractivity contribution < 1.29 is 9.26 Å². The predicted octanol–water partition coefficient (Wildman–Crippen LogP) is 2.45. The van der Waals surface area contributed by atoms with Crippen molar-refractivity contribution in [3.8, 4) is 5.88 Å². The van der Waals surface area contributed by atoms with Crippen molar-refractivity contribution in [3.05, 3.63) is 29.2 Å². The SMILES string of the molecule is COc1nc(NC(C)c2c(C)noc2C)ccc1N. The highest BCUT2D eigenvalue weighted by atomic mass is 16.5. The molecule has 0 aliphatic heterocycles. The van der Waals surface area contributed by atoms with Gasteiger partial charge in [-0.2, -0.15) is 4.98 Å². The average molecular weight is 262 g/mol. The minimum Gasteiger partial charge on any atom is -0.479 e. The Morgan fingerprint density at radius 3 is 2.68 bits per heavy atom. The van der Waals surface area contributed by atoms with Gasteiger partial charge in [0.2, 0.25) is 5.88 Å². The van der Waals surface area contributed by atoms with Gasteiger partial charge >= 0.3 is 0 Å². The molecule has 2 rings (SSSR count). The molecule has 0 bridgehead atoms. The Morgan fingerprint density at radius 2 is 2.11 bits per heavy atom. The van der Waals surface area contributed by atoms with Crippen LogP contribution in [0.5, 0.6) is 5.88 Å². The van der Waals surface area contributed by atoms with Gasteiger partial charge in [0.15, 0.2) is 0 Å². The Balaban J connectivity index is 2.22. The van der Waals surface area contributed by atoms with Gasteiger partial charge in [-0.3, -0.25) is 0 Å². The maximum Gasteiger partial charge on any atom is 0.238 e. The molecule has 2 aromatic heterocycles. The molecule has 0 aliphatic carbocycles. The van der Waals surface area contributed by atoms with Crippen LogP contribution >= 0.6 is 0 Å². The van der Waals surface area contributed by atoms with Gasteiger partial charge in [0.05, 0.1) is 24.5 Å². The highest BCUT2D eigenvalue weighted by Gasteiger charge is 2.17. The Morgan fingerprint density at radius 1 is 1.37 bits per heavy atom. The summed E-state index contributed by atoms with van der Waals surface area (Å²) < 4.78 is 10.3. The van der Waals surface area contributed by atoms with E-state index in [4.69, 9.17) is 15.0 Å². The van der Waals surface area contributed by atoms with Crippen LogP contribution in [-0.4, -0.2) is 17.3 Å². The van der Waals surface area contributed by atoms with Crippen LogP contribution in [-0.2, 0) is 0 Å². The van der Waals surface area contributed by atoms with Crippen LogP contribution in [0.25, 0.3) is 0 Å². The third kappa shape index (κ3) is 2.62. The van der Waals surface area contributed by atoms with Gasteiger partial charge < -0.3 is 20.3 Å². The topological polar surface area (TPSA) is 86.2 Å². The number of rotatable bonds is 4. The van der Waals surface area contributed by atoms with Crippen molar-refractivity contribution in [2.45, 2.75) is 26.8 Å². The van der Waals surface area contributed by atoms with Crippen molar-refractivity contribution in [2.75, 3.05) is 18.2 Å². The highest BCUT2D eigenvalue weighted by molar-refractivity contribution is 5.54. The predicted molar refractivity (Wildman–Crippen MR) is 73.2 cm³/mol. The molecule has 19 heavy (non-hydrogen) atoms. The summed E-state index contributed by atoms with van der Waals surface area (Å²) in [6, 6.07) is 3.60. The Bertz CT molecular complexity index is 561. The lowest BCUT2D eigenvalue weighted by Gasteiger charge is -2.15. The first-order valence-corrected chi connectivity index (χ1v) is 6.02. The van der Waals surface area contributed by atoms with Gasteiger partial charge in [-0.25, -0.2) is 0 Å². The molecule has 1 atom stereocenters. The van der Waals surface area contributed by atoms with E-state index in [0.29, 0.717) is 17.4 Å². The molecule has 2 aromatic rings. The molecule has 0 saturated carbocycles. The number of nitrogens with two attached hydrogens (primary N) is 1. The number of hydrogen-bond donors (Lipinski definition) is 2. The van der Waals surface area contributed by atoms with Crippen molar-refractivity contribution >= 4 is 11.5 Å². The summed E-state index contributed by atoms with van der Waals surface area (Å²) >= 11 is 0. The van der Waals surface area contributed by atoms with E-state index in [1.54, 1.807) is 13.2 Å². The Kier molecular flexibility index (Phi) is 3.59. The van der Waals surface area contributed by atoms with Crippen LogP contribution in [0.4, 0.5) is 11.5 Å². The summed E-state index contributed by atoms with van der Waals surface area (Å²) in [6.07, 6.45) is 0. The summed E-state index contributed by atoms with van der Waals surface area (Å²) in [5.41, 5.74) is 8.16. The van der Waals surface area contributed by atoms with Crippen molar-refractivity contribution in [2.24, 2.45) is 0 Å². The van der Waals surface area contributed by atoms with Gasteiger partial charge in [0.25, 0.3) is 0 Å². The lowest BCUT2D eigenvalue weighted by Crippen LogP contribution is -2.10. The Hall–Kier alpha value is -2.24. The van der Waals surface area contributed by atoms with Crippen molar-refractivity contribution in [1.29, 1.82) is 0 Å². The van der Waals surface area contributed by atoms with E-state index in [9.17, 15) is 0 Å². The largest absolute Gasteiger partial charge is 0.479 e. The van der Waals surface area contributed by atoms with E-state index >= 15 is 0 Å². The number of pyridine rings is 1. The normalized spacial score (nSPS) is 12.2. The fourth-order valence-corrected chi connectivity index (χ4v) is 2.10. The highest BCUT2D eigenvalue weighted by Crippen LogP contribution is 2.26. The summed E-state index contributed by atoms with van der Waals surface area (Å²) in [5.74, 6) is 1.91. The lowest BCUT2D eigenvalue weighted by atomic mass is 10.1. The van der Waals surface area contributed by atoms with Crippen LogP contribution in [0.2, 0.25) is 0 Å². The molecule has 1 unspecified atom stereocenters. The van der Waals surface area contributed by atoms with Crippen LogP contribution in [0.15, 0.2) is 16.7 Å². The van der Waals surface area contributed by atoms with Gasteiger partial charge in [-0.05, 0) is 32.9 Å². The van der Waals surface area contributed by atoms with Gasteiger partial charge in [0.1, 0.15) is 11.6 Å². The molecule has 3 N–H and O–H groups in total. The quantitative estimate of drug-likeness (QED) is 0.880. The second-order valence-electron chi connectivity index (χ2n) is 4.40.